The fourth-order valence-electron chi connectivity index (χ4n) is 3.28. The van der Waals surface area contributed by atoms with E-state index in [9.17, 15) is 24.3 Å². The molecule has 0 unspecified atom stereocenters. The maximum absolute atomic E-state index is 12.8. The van der Waals surface area contributed by atoms with E-state index in [-0.39, 0.29) is 34.6 Å². The number of oxime groups is 1. The normalized spacial score (nSPS) is 22.4. The first-order valence-electron chi connectivity index (χ1n) is 9.35. The highest BCUT2D eigenvalue weighted by molar-refractivity contribution is 8.06. The van der Waals surface area contributed by atoms with Gasteiger partial charge in [0.2, 0.25) is 0 Å². The van der Waals surface area contributed by atoms with Crippen molar-refractivity contribution in [2.75, 3.05) is 31.0 Å². The van der Waals surface area contributed by atoms with Crippen LogP contribution in [0.3, 0.4) is 0 Å². The Hall–Kier alpha value is -3.04. The maximum Gasteiger partial charge on any atom is 0.353 e. The molecule has 0 aromatic carbocycles. The Labute approximate surface area is 199 Å². The number of esters is 1. The molecule has 15 heteroatoms. The van der Waals surface area contributed by atoms with Crippen molar-refractivity contribution in [3.8, 4) is 0 Å². The predicted molar refractivity (Wildman–Crippen MR) is 121 cm³/mol. The van der Waals surface area contributed by atoms with Crippen LogP contribution in [0.2, 0.25) is 0 Å². The van der Waals surface area contributed by atoms with E-state index in [4.69, 9.17) is 15.3 Å². The van der Waals surface area contributed by atoms with E-state index in [1.54, 1.807) is 6.08 Å². The molecule has 3 aliphatic rings. The van der Waals surface area contributed by atoms with Gasteiger partial charge in [-0.25, -0.2) is 14.6 Å². The van der Waals surface area contributed by atoms with Gasteiger partial charge >= 0.3 is 11.9 Å². The molecule has 0 aliphatic carbocycles. The molecule has 0 radical (unpaired) electrons. The van der Waals surface area contributed by atoms with Gasteiger partial charge in [0.05, 0.1) is 0 Å². The van der Waals surface area contributed by atoms with Crippen LogP contribution in [0.1, 0.15) is 5.69 Å². The number of β-lactam (4-membered cyclic amide) rings is 1. The van der Waals surface area contributed by atoms with Crippen LogP contribution in [0.25, 0.3) is 0 Å². The molecule has 174 valence electrons. The van der Waals surface area contributed by atoms with Gasteiger partial charge in [-0.1, -0.05) is 5.16 Å². The molecule has 2 atom stereocenters. The Bertz CT molecular complexity index is 1130. The molecular weight excluding hydrogens is 494 g/mol. The van der Waals surface area contributed by atoms with Crippen molar-refractivity contribution in [1.29, 1.82) is 0 Å². The van der Waals surface area contributed by atoms with Gasteiger partial charge in [0.25, 0.3) is 11.8 Å². The van der Waals surface area contributed by atoms with Gasteiger partial charge in [-0.2, -0.15) is 0 Å². The Morgan fingerprint density at radius 3 is 2.88 bits per heavy atom. The first-order valence-corrected chi connectivity index (χ1v) is 12.3. The molecule has 1 aromatic rings. The molecule has 4 rings (SSSR count). The Balaban J connectivity index is 1.48. The number of carboxylic acids is 1. The quantitative estimate of drug-likeness (QED) is 0.185. The van der Waals surface area contributed by atoms with Gasteiger partial charge in [0, 0.05) is 27.4 Å². The fourth-order valence-corrected chi connectivity index (χ4v) is 6.45. The first kappa shape index (κ1) is 23.1. The second-order valence-electron chi connectivity index (χ2n) is 6.75. The number of cyclic esters (lactones) is 1. The van der Waals surface area contributed by atoms with Gasteiger partial charge in [-0.05, 0) is 6.08 Å². The number of hydrogen-bond donors (Lipinski definition) is 3. The van der Waals surface area contributed by atoms with Gasteiger partial charge in [-0.15, -0.1) is 34.9 Å². The second kappa shape index (κ2) is 9.44. The van der Waals surface area contributed by atoms with Crippen molar-refractivity contribution in [3.05, 3.63) is 33.3 Å². The zero-order valence-corrected chi connectivity index (χ0v) is 19.4. The van der Waals surface area contributed by atoms with Crippen LogP contribution in [0.15, 0.2) is 32.8 Å². The standard InChI is InChI=1S/C18H17N5O7S3/c1-29-22-10(8-5-33-18(19)20-8)13(24)21-11-14(25)23-12(16(26)27)9(6-32-15(11)23)31-4-7-2-3-30-17(7)28/h2,5,11,15H,3-4,6H2,1H3,(H2,19,20)(H,21,24)(H,26,27)/b22-10-/t11-,15+/m1/s1. The van der Waals surface area contributed by atoms with E-state index in [0.29, 0.717) is 16.2 Å². The van der Waals surface area contributed by atoms with Crippen LogP contribution >= 0.6 is 34.9 Å². The van der Waals surface area contributed by atoms with E-state index in [1.807, 2.05) is 0 Å². The van der Waals surface area contributed by atoms with E-state index < -0.39 is 35.2 Å². The number of rotatable bonds is 8. The predicted octanol–water partition coefficient (Wildman–Crippen LogP) is -0.0117. The van der Waals surface area contributed by atoms with Crippen LogP contribution in [0.5, 0.6) is 0 Å². The van der Waals surface area contributed by atoms with E-state index in [2.05, 4.69) is 15.5 Å². The number of carbonyl (C=O) groups is 4. The number of nitrogens with one attached hydrogen (secondary N) is 1. The third-order valence-electron chi connectivity index (χ3n) is 4.79. The lowest BCUT2D eigenvalue weighted by molar-refractivity contribution is -0.150. The van der Waals surface area contributed by atoms with Crippen molar-refractivity contribution < 1.29 is 33.9 Å². The lowest BCUT2D eigenvalue weighted by atomic mass is 10.0. The van der Waals surface area contributed by atoms with Crippen molar-refractivity contribution in [1.82, 2.24) is 15.2 Å². The largest absolute Gasteiger partial charge is 0.477 e. The summed E-state index contributed by atoms with van der Waals surface area (Å²) in [7, 11) is 1.26. The smallest absolute Gasteiger partial charge is 0.353 e. The minimum absolute atomic E-state index is 0.149. The molecule has 33 heavy (non-hydrogen) atoms. The highest BCUT2D eigenvalue weighted by Gasteiger charge is 2.54. The number of nitrogens with zero attached hydrogens (tertiary/aromatic N) is 3. The number of anilines is 1. The minimum atomic E-state index is -1.26. The van der Waals surface area contributed by atoms with Crippen molar-refractivity contribution in [2.24, 2.45) is 5.16 Å². The number of nitrogens with two attached hydrogens (primary N) is 1. The third kappa shape index (κ3) is 4.43. The summed E-state index contributed by atoms with van der Waals surface area (Å²) in [5.41, 5.74) is 5.96. The average molecular weight is 512 g/mol. The summed E-state index contributed by atoms with van der Waals surface area (Å²) in [6.07, 6.45) is 1.64. The summed E-state index contributed by atoms with van der Waals surface area (Å²) in [4.78, 5) is 59.5. The number of aromatic nitrogens is 1. The summed E-state index contributed by atoms with van der Waals surface area (Å²) in [5, 5.41) is 17.2. The van der Waals surface area contributed by atoms with Crippen LogP contribution in [0.4, 0.5) is 5.13 Å². The summed E-state index contributed by atoms with van der Waals surface area (Å²) < 4.78 is 4.85. The third-order valence-corrected chi connectivity index (χ3v) is 8.07. The average Bonchev–Trinajstić information content (AvgIpc) is 3.40. The number of hydrogen-bond acceptors (Lipinski definition) is 12. The van der Waals surface area contributed by atoms with Gasteiger partial charge in [-0.3, -0.25) is 14.5 Å². The number of fused-ring (bicyclic) bond motifs is 1. The zero-order chi connectivity index (χ0) is 23.7. The van der Waals surface area contributed by atoms with E-state index in [1.165, 1.54) is 36.0 Å². The fraction of sp³-hybridized carbons (Fsp3) is 0.333. The van der Waals surface area contributed by atoms with Crippen LogP contribution in [-0.2, 0) is 28.8 Å². The molecule has 1 aromatic heterocycles. The highest BCUT2D eigenvalue weighted by atomic mass is 32.2. The Kier molecular flexibility index (Phi) is 6.62. The van der Waals surface area contributed by atoms with Crippen molar-refractivity contribution in [2.45, 2.75) is 11.4 Å². The maximum atomic E-state index is 12.8. The van der Waals surface area contributed by atoms with Crippen LogP contribution < -0.4 is 11.1 Å². The topological polar surface area (TPSA) is 174 Å². The summed E-state index contributed by atoms with van der Waals surface area (Å²) in [5.74, 6) is -2.41. The number of aliphatic carboxylic acids is 1. The summed E-state index contributed by atoms with van der Waals surface area (Å²) in [6.45, 7) is 0.199. The summed E-state index contributed by atoms with van der Waals surface area (Å²) in [6, 6.07) is -0.950. The van der Waals surface area contributed by atoms with Gasteiger partial charge in [0.1, 0.15) is 36.5 Å². The number of carboxylic acid groups (broad SMARTS) is 1. The number of nitrogen functional groups attached to an aromatic ring is 1. The SMILES string of the molecule is CO/N=C(\C(=O)N[C@@H]1C(=O)N2C(C(=O)O)=C(SCC3=CCOC3=O)CS[C@@H]12)c1csc(N)n1. The molecule has 4 heterocycles. The van der Waals surface area contributed by atoms with Crippen molar-refractivity contribution in [3.63, 3.8) is 0 Å². The summed E-state index contributed by atoms with van der Waals surface area (Å²) >= 11 is 3.60. The molecule has 0 bridgehead atoms. The molecule has 12 nitrogen and oxygen atoms in total. The Morgan fingerprint density at radius 2 is 2.27 bits per heavy atom. The van der Waals surface area contributed by atoms with Crippen molar-refractivity contribution >= 4 is 69.5 Å². The first-order chi connectivity index (χ1) is 15.8. The highest BCUT2D eigenvalue weighted by Crippen LogP contribution is 2.43. The monoisotopic (exact) mass is 511 g/mol. The Morgan fingerprint density at radius 1 is 1.48 bits per heavy atom. The van der Waals surface area contributed by atoms with Gasteiger partial charge < -0.3 is 25.7 Å². The molecule has 2 amide bonds. The zero-order valence-electron chi connectivity index (χ0n) is 17.0. The molecule has 0 spiro atoms. The molecule has 1 fully saturated rings. The van der Waals surface area contributed by atoms with Crippen LogP contribution in [0, 0.1) is 0 Å². The lowest BCUT2D eigenvalue weighted by Crippen LogP contribution is -2.71. The molecule has 0 saturated carbocycles. The van der Waals surface area contributed by atoms with E-state index >= 15 is 0 Å². The molecule has 1 saturated heterocycles. The number of thioether (sulfide) groups is 2. The van der Waals surface area contributed by atoms with Crippen LogP contribution in [-0.4, -0.2) is 81.1 Å². The van der Waals surface area contributed by atoms with E-state index in [0.717, 1.165) is 16.2 Å². The number of thiazole rings is 1. The minimum Gasteiger partial charge on any atom is -0.477 e. The number of carbonyl (C=O) groups excluding carboxylic acids is 3. The molecular formula is C18H17N5O7S3. The van der Waals surface area contributed by atoms with Gasteiger partial charge in [0.15, 0.2) is 10.8 Å². The number of amides is 2. The molecule has 4 N–H and O–H groups in total. The molecule has 3 aliphatic heterocycles. The second-order valence-corrected chi connectivity index (χ2v) is 9.81. The number of ether oxygens (including phenoxy) is 1. The lowest BCUT2D eigenvalue weighted by Gasteiger charge is -2.49.